The van der Waals surface area contributed by atoms with E-state index < -0.39 is 5.63 Å². The highest BCUT2D eigenvalue weighted by atomic mass is 16.4. The smallest absolute Gasteiger partial charge is 0.348 e. The molecule has 110 valence electrons. The summed E-state index contributed by atoms with van der Waals surface area (Å²) in [6.07, 6.45) is 0. The minimum Gasteiger partial charge on any atom is -0.428 e. The van der Waals surface area contributed by atoms with Crippen molar-refractivity contribution in [2.24, 2.45) is 5.92 Å². The largest absolute Gasteiger partial charge is 0.428 e. The van der Waals surface area contributed by atoms with Gasteiger partial charge in [0.25, 0.3) is 0 Å². The summed E-state index contributed by atoms with van der Waals surface area (Å²) in [5.74, 6) is 0.0167. The summed E-state index contributed by atoms with van der Waals surface area (Å²) in [4.78, 5) is 24.2. The van der Waals surface area contributed by atoms with Gasteiger partial charge < -0.3 is 9.73 Å². The molecule has 0 aliphatic carbocycles. The van der Waals surface area contributed by atoms with Crippen LogP contribution in [-0.4, -0.2) is 5.78 Å². The Kier molecular flexibility index (Phi) is 4.58. The first kappa shape index (κ1) is 15.0. The normalized spacial score (nSPS) is 10.7. The molecular formula is C17H19NO3. The Morgan fingerprint density at radius 1 is 1.24 bits per heavy atom. The van der Waals surface area contributed by atoms with Crippen molar-refractivity contribution in [3.05, 3.63) is 63.7 Å². The van der Waals surface area contributed by atoms with Crippen molar-refractivity contribution in [3.8, 4) is 0 Å². The maximum atomic E-state index is 12.2. The molecule has 2 rings (SSSR count). The molecule has 2 aromatic rings. The van der Waals surface area contributed by atoms with E-state index in [9.17, 15) is 9.59 Å². The van der Waals surface area contributed by atoms with Gasteiger partial charge in [0.15, 0.2) is 5.78 Å². The average Bonchev–Trinajstić information content (AvgIpc) is 2.45. The number of aryl methyl sites for hydroxylation is 1. The molecule has 0 radical (unpaired) electrons. The SMILES string of the molecule is Cc1cc(NCc2ccccc2)c(C(=O)C(C)C)c(=O)o1. The highest BCUT2D eigenvalue weighted by Gasteiger charge is 2.20. The number of anilines is 1. The van der Waals surface area contributed by atoms with Gasteiger partial charge in [-0.3, -0.25) is 4.79 Å². The summed E-state index contributed by atoms with van der Waals surface area (Å²) in [5, 5.41) is 3.17. The first-order chi connectivity index (χ1) is 9.99. The van der Waals surface area contributed by atoms with Crippen molar-refractivity contribution in [1.29, 1.82) is 0 Å². The lowest BCUT2D eigenvalue weighted by Gasteiger charge is -2.12. The third-order valence-corrected chi connectivity index (χ3v) is 3.17. The Morgan fingerprint density at radius 2 is 1.90 bits per heavy atom. The Bertz CT molecular complexity index is 687. The Labute approximate surface area is 123 Å². The standard InChI is InChI=1S/C17H19NO3/c1-11(2)16(19)15-14(9-12(3)21-17(15)20)18-10-13-7-5-4-6-8-13/h4-9,11,18H,10H2,1-3H3. The van der Waals surface area contributed by atoms with Crippen LogP contribution in [0.15, 0.2) is 45.6 Å². The second kappa shape index (κ2) is 6.39. The topological polar surface area (TPSA) is 59.3 Å². The molecular weight excluding hydrogens is 266 g/mol. The second-order valence-electron chi connectivity index (χ2n) is 5.29. The van der Waals surface area contributed by atoms with Crippen molar-refractivity contribution in [2.75, 3.05) is 5.32 Å². The molecule has 0 aliphatic heterocycles. The summed E-state index contributed by atoms with van der Waals surface area (Å²) in [7, 11) is 0. The first-order valence-corrected chi connectivity index (χ1v) is 6.96. The fraction of sp³-hybridized carbons (Fsp3) is 0.294. The molecule has 0 amide bonds. The number of nitrogens with one attached hydrogen (secondary N) is 1. The van der Waals surface area contributed by atoms with Gasteiger partial charge in [-0.1, -0.05) is 44.2 Å². The summed E-state index contributed by atoms with van der Waals surface area (Å²) in [6, 6.07) is 11.5. The molecule has 0 aliphatic rings. The van der Waals surface area contributed by atoms with Crippen LogP contribution in [0.3, 0.4) is 0 Å². The van der Waals surface area contributed by atoms with Crippen molar-refractivity contribution in [2.45, 2.75) is 27.3 Å². The first-order valence-electron chi connectivity index (χ1n) is 6.96. The van der Waals surface area contributed by atoms with Crippen LogP contribution in [0.1, 0.15) is 35.5 Å². The van der Waals surface area contributed by atoms with Crippen LogP contribution < -0.4 is 10.9 Å². The molecule has 0 atom stereocenters. The van der Waals surface area contributed by atoms with Crippen LogP contribution in [0, 0.1) is 12.8 Å². The van der Waals surface area contributed by atoms with E-state index in [1.807, 2.05) is 30.3 Å². The molecule has 0 saturated heterocycles. The van der Waals surface area contributed by atoms with E-state index in [4.69, 9.17) is 4.42 Å². The molecule has 1 N–H and O–H groups in total. The fourth-order valence-electron chi connectivity index (χ4n) is 2.07. The number of ketones is 1. The number of benzene rings is 1. The molecule has 0 fully saturated rings. The maximum Gasteiger partial charge on any atom is 0.348 e. The van der Waals surface area contributed by atoms with Crippen LogP contribution >= 0.6 is 0 Å². The quantitative estimate of drug-likeness (QED) is 0.855. The summed E-state index contributed by atoms with van der Waals surface area (Å²) in [6.45, 7) is 5.77. The van der Waals surface area contributed by atoms with Gasteiger partial charge in [-0.15, -0.1) is 0 Å². The minimum absolute atomic E-state index is 0.103. The van der Waals surface area contributed by atoms with E-state index in [0.717, 1.165) is 5.56 Å². The third-order valence-electron chi connectivity index (χ3n) is 3.17. The van der Waals surface area contributed by atoms with Gasteiger partial charge in [-0.2, -0.15) is 0 Å². The van der Waals surface area contributed by atoms with Crippen molar-refractivity contribution < 1.29 is 9.21 Å². The zero-order valence-electron chi connectivity index (χ0n) is 12.5. The van der Waals surface area contributed by atoms with E-state index in [1.165, 1.54) is 0 Å². The Hall–Kier alpha value is -2.36. The van der Waals surface area contributed by atoms with Gasteiger partial charge in [-0.25, -0.2) is 4.79 Å². The van der Waals surface area contributed by atoms with Crippen LogP contribution in [0.5, 0.6) is 0 Å². The Morgan fingerprint density at radius 3 is 2.52 bits per heavy atom. The summed E-state index contributed by atoms with van der Waals surface area (Å²) >= 11 is 0. The van der Waals surface area contributed by atoms with Crippen LogP contribution in [0.4, 0.5) is 5.69 Å². The predicted molar refractivity (Wildman–Crippen MR) is 82.7 cm³/mol. The lowest BCUT2D eigenvalue weighted by molar-refractivity contribution is 0.0936. The minimum atomic E-state index is -0.579. The monoisotopic (exact) mass is 285 g/mol. The highest BCUT2D eigenvalue weighted by molar-refractivity contribution is 6.01. The van der Waals surface area contributed by atoms with Crippen LogP contribution in [-0.2, 0) is 6.54 Å². The lowest BCUT2D eigenvalue weighted by atomic mass is 10.0. The zero-order chi connectivity index (χ0) is 15.4. The Balaban J connectivity index is 2.33. The molecule has 4 nitrogen and oxygen atoms in total. The van der Waals surface area contributed by atoms with E-state index in [-0.39, 0.29) is 17.3 Å². The van der Waals surface area contributed by atoms with E-state index in [1.54, 1.807) is 26.8 Å². The molecule has 0 spiro atoms. The molecule has 0 bridgehead atoms. The highest BCUT2D eigenvalue weighted by Crippen LogP contribution is 2.18. The summed E-state index contributed by atoms with van der Waals surface area (Å²) in [5.41, 5.74) is 1.13. The van der Waals surface area contributed by atoms with Crippen molar-refractivity contribution >= 4 is 11.5 Å². The number of carbonyl (C=O) groups excluding carboxylic acids is 1. The molecule has 21 heavy (non-hydrogen) atoms. The van der Waals surface area contributed by atoms with Crippen LogP contribution in [0.2, 0.25) is 0 Å². The second-order valence-corrected chi connectivity index (χ2v) is 5.29. The van der Waals surface area contributed by atoms with E-state index in [2.05, 4.69) is 5.32 Å². The summed E-state index contributed by atoms with van der Waals surface area (Å²) < 4.78 is 5.06. The molecule has 0 unspecified atom stereocenters. The molecule has 1 heterocycles. The predicted octanol–water partition coefficient (Wildman–Crippen LogP) is 3.40. The van der Waals surface area contributed by atoms with Gasteiger partial charge in [0, 0.05) is 18.5 Å². The molecule has 0 saturated carbocycles. The van der Waals surface area contributed by atoms with E-state index in [0.29, 0.717) is 18.0 Å². The number of carbonyl (C=O) groups is 1. The number of hydrogen-bond acceptors (Lipinski definition) is 4. The van der Waals surface area contributed by atoms with E-state index >= 15 is 0 Å². The fourth-order valence-corrected chi connectivity index (χ4v) is 2.07. The maximum absolute atomic E-state index is 12.2. The average molecular weight is 285 g/mol. The lowest BCUT2D eigenvalue weighted by Crippen LogP contribution is -2.21. The van der Waals surface area contributed by atoms with Crippen LogP contribution in [0.25, 0.3) is 0 Å². The van der Waals surface area contributed by atoms with Gasteiger partial charge in [0.1, 0.15) is 11.3 Å². The molecule has 1 aromatic carbocycles. The number of Topliss-reactive ketones (excluding diaryl/α,β-unsaturated/α-hetero) is 1. The molecule has 1 aromatic heterocycles. The van der Waals surface area contributed by atoms with Crippen molar-refractivity contribution in [1.82, 2.24) is 0 Å². The van der Waals surface area contributed by atoms with Crippen molar-refractivity contribution in [3.63, 3.8) is 0 Å². The third kappa shape index (κ3) is 3.60. The van der Waals surface area contributed by atoms with Gasteiger partial charge >= 0.3 is 5.63 Å². The number of hydrogen-bond donors (Lipinski definition) is 1. The van der Waals surface area contributed by atoms with Gasteiger partial charge in [-0.05, 0) is 12.5 Å². The van der Waals surface area contributed by atoms with Gasteiger partial charge in [0.2, 0.25) is 0 Å². The number of rotatable bonds is 5. The zero-order valence-corrected chi connectivity index (χ0v) is 12.5. The molecule has 4 heteroatoms. The van der Waals surface area contributed by atoms with Gasteiger partial charge in [0.05, 0.1) is 5.69 Å².